The summed E-state index contributed by atoms with van der Waals surface area (Å²) in [5, 5.41) is 0. The molecule has 0 spiro atoms. The fourth-order valence-corrected chi connectivity index (χ4v) is 4.45. The first-order valence-corrected chi connectivity index (χ1v) is 12.9. The van der Waals surface area contributed by atoms with Crippen molar-refractivity contribution in [2.75, 3.05) is 13.7 Å². The van der Waals surface area contributed by atoms with Gasteiger partial charge in [0.15, 0.2) is 5.78 Å². The average molecular weight is 516 g/mol. The van der Waals surface area contributed by atoms with E-state index in [1.165, 1.54) is 31.2 Å². The van der Waals surface area contributed by atoms with Crippen molar-refractivity contribution in [3.63, 3.8) is 0 Å². The van der Waals surface area contributed by atoms with Gasteiger partial charge in [0, 0.05) is 10.0 Å². The number of fused-ring (bicyclic) bond motifs is 1. The third-order valence-corrected chi connectivity index (χ3v) is 6.48. The van der Waals surface area contributed by atoms with Gasteiger partial charge in [-0.05, 0) is 66.3 Å². The highest BCUT2D eigenvalue weighted by atomic mass is 79.9. The van der Waals surface area contributed by atoms with E-state index in [4.69, 9.17) is 9.47 Å². The Hall–Kier alpha value is -2.07. The van der Waals surface area contributed by atoms with E-state index in [1.54, 1.807) is 7.11 Å². The van der Waals surface area contributed by atoms with Crippen molar-refractivity contribution in [2.45, 2.75) is 72.6 Å². The Morgan fingerprint density at radius 3 is 2.42 bits per heavy atom. The largest absolute Gasteiger partial charge is 0.497 e. The Bertz CT molecular complexity index is 942. The molecule has 33 heavy (non-hydrogen) atoms. The Labute approximate surface area is 208 Å². The molecule has 1 atom stereocenters. The molecule has 0 N–H and O–H groups in total. The molecule has 1 unspecified atom stereocenters. The lowest BCUT2D eigenvalue weighted by molar-refractivity contribution is -0.118. The summed E-state index contributed by atoms with van der Waals surface area (Å²) in [5.74, 6) is 1.89. The number of hydrogen-bond donors (Lipinski definition) is 0. The van der Waals surface area contributed by atoms with Crippen LogP contribution in [-0.2, 0) is 11.2 Å². The summed E-state index contributed by atoms with van der Waals surface area (Å²) in [7, 11) is 1.65. The molecule has 0 bridgehead atoms. The van der Waals surface area contributed by atoms with Gasteiger partial charge in [-0.15, -0.1) is 0 Å². The smallest absolute Gasteiger partial charge is 0.169 e. The first-order valence-electron chi connectivity index (χ1n) is 12.2. The van der Waals surface area contributed by atoms with Crippen molar-refractivity contribution < 1.29 is 14.3 Å². The van der Waals surface area contributed by atoms with Crippen LogP contribution in [0.15, 0.2) is 46.9 Å². The van der Waals surface area contributed by atoms with Crippen molar-refractivity contribution in [3.8, 4) is 11.5 Å². The average Bonchev–Trinajstić information content (AvgIpc) is 2.83. The number of unbranched alkanes of at least 4 members (excludes halogenated alkanes) is 3. The van der Waals surface area contributed by atoms with Gasteiger partial charge < -0.3 is 9.47 Å². The van der Waals surface area contributed by atoms with Crippen molar-refractivity contribution in [1.29, 1.82) is 0 Å². The van der Waals surface area contributed by atoms with Gasteiger partial charge in [-0.3, -0.25) is 4.79 Å². The number of rotatable bonds is 8. The molecule has 0 aromatic heterocycles. The van der Waals surface area contributed by atoms with E-state index in [-0.39, 0.29) is 11.7 Å². The zero-order chi connectivity index (χ0) is 24.4. The number of halogens is 1. The number of carbonyl (C=O) groups excluding carboxylic acids is 1. The van der Waals surface area contributed by atoms with E-state index >= 15 is 0 Å². The van der Waals surface area contributed by atoms with Crippen LogP contribution in [0.1, 0.15) is 82.9 Å². The number of ether oxygens (including phenoxy) is 2. The van der Waals surface area contributed by atoms with Crippen LogP contribution in [0, 0.1) is 5.92 Å². The molecule has 1 heterocycles. The first kappa shape index (κ1) is 27.2. The monoisotopic (exact) mass is 514 g/mol. The summed E-state index contributed by atoms with van der Waals surface area (Å²) in [6.45, 7) is 11.1. The lowest BCUT2D eigenvalue weighted by atomic mass is 9.84. The molecule has 1 aliphatic rings. The van der Waals surface area contributed by atoms with Gasteiger partial charge in [-0.2, -0.15) is 0 Å². The molecule has 2 aromatic carbocycles. The minimum Gasteiger partial charge on any atom is -0.497 e. The number of carbonyl (C=O) groups is 1. The van der Waals surface area contributed by atoms with E-state index in [2.05, 4.69) is 49.7 Å². The predicted molar refractivity (Wildman–Crippen MR) is 142 cm³/mol. The van der Waals surface area contributed by atoms with Crippen molar-refractivity contribution in [3.05, 3.63) is 63.6 Å². The van der Waals surface area contributed by atoms with E-state index < -0.39 is 0 Å². The zero-order valence-corrected chi connectivity index (χ0v) is 22.6. The highest BCUT2D eigenvalue weighted by molar-refractivity contribution is 9.10. The molecule has 0 aliphatic carbocycles. The van der Waals surface area contributed by atoms with Gasteiger partial charge in [0.1, 0.15) is 11.5 Å². The fourth-order valence-electron chi connectivity index (χ4n) is 4.07. The van der Waals surface area contributed by atoms with Gasteiger partial charge in [-0.25, -0.2) is 0 Å². The van der Waals surface area contributed by atoms with Crippen LogP contribution < -0.4 is 9.47 Å². The van der Waals surface area contributed by atoms with Crippen molar-refractivity contribution in [1.82, 2.24) is 0 Å². The molecular formula is C29H39BrO3. The number of ketones is 1. The number of allylic oxidation sites excluding steroid dienone is 2. The van der Waals surface area contributed by atoms with Crippen LogP contribution in [0.4, 0.5) is 0 Å². The van der Waals surface area contributed by atoms with Crippen LogP contribution in [-0.4, -0.2) is 19.5 Å². The van der Waals surface area contributed by atoms with Gasteiger partial charge >= 0.3 is 0 Å². The maximum atomic E-state index is 13.4. The second-order valence-corrected chi connectivity index (χ2v) is 9.76. The van der Waals surface area contributed by atoms with Crippen LogP contribution >= 0.6 is 15.9 Å². The van der Waals surface area contributed by atoms with Crippen LogP contribution in [0.5, 0.6) is 11.5 Å². The number of benzene rings is 2. The molecule has 1 aliphatic heterocycles. The third-order valence-electron chi connectivity index (χ3n) is 5.98. The van der Waals surface area contributed by atoms with Gasteiger partial charge in [0.05, 0.1) is 19.6 Å². The zero-order valence-electron chi connectivity index (χ0n) is 21.0. The molecule has 4 heteroatoms. The summed E-state index contributed by atoms with van der Waals surface area (Å²) in [6, 6.07) is 11.9. The number of hydrogen-bond acceptors (Lipinski definition) is 3. The summed E-state index contributed by atoms with van der Waals surface area (Å²) in [6.07, 6.45) is 8.13. The quantitative estimate of drug-likeness (QED) is 0.262. The lowest BCUT2D eigenvalue weighted by Crippen LogP contribution is -2.29. The maximum Gasteiger partial charge on any atom is 0.169 e. The molecule has 2 aromatic rings. The second-order valence-electron chi connectivity index (χ2n) is 8.85. The Balaban J connectivity index is 0.000000569. The van der Waals surface area contributed by atoms with Gasteiger partial charge in [0.2, 0.25) is 0 Å². The normalized spacial score (nSPS) is 15.3. The number of Topliss-reactive ketones (excluding diaryl/α,β-unsaturated/α-hetero) is 1. The number of methoxy groups -OCH3 is 1. The molecule has 0 radical (unpaired) electrons. The Kier molecular flexibility index (Phi) is 11.2. The highest BCUT2D eigenvalue weighted by Gasteiger charge is 2.29. The van der Waals surface area contributed by atoms with E-state index in [1.807, 2.05) is 43.3 Å². The second kappa shape index (κ2) is 13.6. The first-order chi connectivity index (χ1) is 15.9. The summed E-state index contributed by atoms with van der Waals surface area (Å²) in [5.41, 5.74) is 3.97. The summed E-state index contributed by atoms with van der Waals surface area (Å²) >= 11 is 3.54. The molecule has 0 saturated carbocycles. The molecule has 0 amide bonds. The van der Waals surface area contributed by atoms with Crippen molar-refractivity contribution >= 4 is 27.3 Å². The van der Waals surface area contributed by atoms with E-state index in [9.17, 15) is 4.79 Å². The summed E-state index contributed by atoms with van der Waals surface area (Å²) in [4.78, 5) is 13.4. The highest BCUT2D eigenvalue weighted by Crippen LogP contribution is 2.35. The van der Waals surface area contributed by atoms with Gasteiger partial charge in [0.25, 0.3) is 0 Å². The SMILES string of the molecule is C/C=C(/C(=O)C1COc2ccc(OC)cc2C1)c1ccc(Br)cc1C(C)C.CCCCCC. The van der Waals surface area contributed by atoms with Crippen LogP contribution in [0.2, 0.25) is 0 Å². The topological polar surface area (TPSA) is 35.5 Å². The minimum atomic E-state index is -0.195. The molecular weight excluding hydrogens is 476 g/mol. The standard InChI is InChI=1S/C23H25BrO3.C6H14/c1-5-19(20-8-6-17(24)12-21(20)14(2)3)23(25)16-10-15-11-18(26-4)7-9-22(15)27-13-16;1-3-5-6-4-2/h5-9,11-12,14,16H,10,13H2,1-4H3;3-6H2,1-2H3/b19-5+;. The Morgan fingerprint density at radius 1 is 1.15 bits per heavy atom. The molecule has 3 nitrogen and oxygen atoms in total. The van der Waals surface area contributed by atoms with Crippen LogP contribution in [0.25, 0.3) is 5.57 Å². The molecule has 3 rings (SSSR count). The molecule has 0 saturated heterocycles. The van der Waals surface area contributed by atoms with Crippen LogP contribution in [0.3, 0.4) is 0 Å². The Morgan fingerprint density at radius 2 is 1.85 bits per heavy atom. The maximum absolute atomic E-state index is 13.4. The van der Waals surface area contributed by atoms with Gasteiger partial charge in [-0.1, -0.05) is 81.5 Å². The fraction of sp³-hybridized carbons (Fsp3) is 0.483. The molecule has 180 valence electrons. The minimum absolute atomic E-state index is 0.134. The van der Waals surface area contributed by atoms with E-state index in [0.29, 0.717) is 18.9 Å². The molecule has 0 fully saturated rings. The van der Waals surface area contributed by atoms with Crippen molar-refractivity contribution in [2.24, 2.45) is 5.92 Å². The summed E-state index contributed by atoms with van der Waals surface area (Å²) < 4.78 is 12.2. The third kappa shape index (κ3) is 7.46. The lowest BCUT2D eigenvalue weighted by Gasteiger charge is -2.26. The predicted octanol–water partition coefficient (Wildman–Crippen LogP) is 8.39. The van der Waals surface area contributed by atoms with E-state index in [0.717, 1.165) is 32.7 Å².